The van der Waals surface area contributed by atoms with Crippen LogP contribution >= 0.6 is 11.6 Å². The molecule has 0 fully saturated rings. The quantitative estimate of drug-likeness (QED) is 0.364. The average molecular weight is 297 g/mol. The van der Waals surface area contributed by atoms with E-state index in [0.717, 1.165) is 18.4 Å². The number of phenols is 1. The molecule has 2 nitrogen and oxygen atoms in total. The average Bonchev–Trinajstić information content (AvgIpc) is 2.47. The van der Waals surface area contributed by atoms with E-state index in [1.165, 1.54) is 38.5 Å². The molecule has 0 heterocycles. The third-order valence-corrected chi connectivity index (χ3v) is 3.91. The van der Waals surface area contributed by atoms with Crippen LogP contribution in [0.4, 0.5) is 0 Å². The second-order valence-corrected chi connectivity index (χ2v) is 5.58. The first-order valence-corrected chi connectivity index (χ1v) is 8.12. The van der Waals surface area contributed by atoms with Gasteiger partial charge in [0, 0.05) is 5.56 Å². The molecule has 0 spiro atoms. The second kappa shape index (κ2) is 9.82. The lowest BCUT2D eigenvalue weighted by atomic mass is 10.00. The third kappa shape index (κ3) is 5.54. The number of benzene rings is 1. The highest BCUT2D eigenvalue weighted by molar-refractivity contribution is 6.17. The fraction of sp³-hybridized carbons (Fsp3) is 0.588. The predicted octanol–water partition coefficient (Wildman–Crippen LogP) is 5.24. The van der Waals surface area contributed by atoms with Crippen LogP contribution in [0.5, 0.6) is 5.75 Å². The van der Waals surface area contributed by atoms with E-state index in [-0.39, 0.29) is 11.6 Å². The van der Waals surface area contributed by atoms with Gasteiger partial charge in [-0.1, -0.05) is 51.5 Å². The standard InChI is InChI=1S/C17H25ClO2/c1-2-3-4-5-6-7-8-9-14-10-15(12-18)17(20)16(11-14)13-19/h10-11,13,20H,2-9,12H2,1H3. The van der Waals surface area contributed by atoms with Crippen molar-refractivity contribution < 1.29 is 9.90 Å². The molecular weight excluding hydrogens is 272 g/mol. The van der Waals surface area contributed by atoms with E-state index in [1.54, 1.807) is 6.07 Å². The summed E-state index contributed by atoms with van der Waals surface area (Å²) in [5, 5.41) is 9.79. The lowest BCUT2D eigenvalue weighted by molar-refractivity contribution is 0.112. The topological polar surface area (TPSA) is 37.3 Å². The SMILES string of the molecule is CCCCCCCCCc1cc(C=O)c(O)c(CCl)c1. The van der Waals surface area contributed by atoms with Crippen LogP contribution < -0.4 is 0 Å². The van der Waals surface area contributed by atoms with Crippen LogP contribution in [-0.4, -0.2) is 11.4 Å². The number of aromatic hydroxyl groups is 1. The van der Waals surface area contributed by atoms with Crippen LogP contribution in [0.25, 0.3) is 0 Å². The molecule has 0 amide bonds. The molecule has 0 saturated heterocycles. The maximum Gasteiger partial charge on any atom is 0.153 e. The number of aldehydes is 1. The number of unbranched alkanes of at least 4 members (excludes halogenated alkanes) is 6. The Balaban J connectivity index is 2.42. The summed E-state index contributed by atoms with van der Waals surface area (Å²) >= 11 is 5.79. The van der Waals surface area contributed by atoms with Crippen molar-refractivity contribution in [3.05, 3.63) is 28.8 Å². The van der Waals surface area contributed by atoms with Gasteiger partial charge < -0.3 is 5.11 Å². The Labute approximate surface area is 127 Å². The number of carbonyl (C=O) groups is 1. The fourth-order valence-corrected chi connectivity index (χ4v) is 2.61. The van der Waals surface area contributed by atoms with Crippen molar-refractivity contribution >= 4 is 17.9 Å². The van der Waals surface area contributed by atoms with Crippen LogP contribution in [-0.2, 0) is 12.3 Å². The van der Waals surface area contributed by atoms with Crippen molar-refractivity contribution in [3.63, 3.8) is 0 Å². The Kier molecular flexibility index (Phi) is 8.36. The molecule has 0 atom stereocenters. The second-order valence-electron chi connectivity index (χ2n) is 5.32. The summed E-state index contributed by atoms with van der Waals surface area (Å²) in [6, 6.07) is 3.68. The zero-order valence-electron chi connectivity index (χ0n) is 12.3. The highest BCUT2D eigenvalue weighted by Gasteiger charge is 2.08. The van der Waals surface area contributed by atoms with Gasteiger partial charge in [-0.05, 0) is 24.5 Å². The lowest BCUT2D eigenvalue weighted by Gasteiger charge is -2.08. The molecule has 3 heteroatoms. The Morgan fingerprint density at radius 3 is 2.35 bits per heavy atom. The zero-order valence-corrected chi connectivity index (χ0v) is 13.1. The molecule has 112 valence electrons. The van der Waals surface area contributed by atoms with Gasteiger partial charge in [-0.25, -0.2) is 0 Å². The molecule has 20 heavy (non-hydrogen) atoms. The number of phenolic OH excluding ortho intramolecular Hbond substituents is 1. The van der Waals surface area contributed by atoms with Gasteiger partial charge in [-0.2, -0.15) is 0 Å². The van der Waals surface area contributed by atoms with Crippen molar-refractivity contribution in [1.29, 1.82) is 0 Å². The molecule has 0 radical (unpaired) electrons. The van der Waals surface area contributed by atoms with E-state index in [1.807, 2.05) is 6.07 Å². The Bertz CT molecular complexity index is 416. The first-order chi connectivity index (χ1) is 9.72. The molecule has 1 aromatic rings. The number of halogens is 1. The minimum absolute atomic E-state index is 0.0262. The van der Waals surface area contributed by atoms with Crippen LogP contribution in [0.2, 0.25) is 0 Å². The van der Waals surface area contributed by atoms with E-state index >= 15 is 0 Å². The first-order valence-electron chi connectivity index (χ1n) is 7.58. The summed E-state index contributed by atoms with van der Waals surface area (Å²) in [5.74, 6) is 0.260. The van der Waals surface area contributed by atoms with Crippen LogP contribution in [0.15, 0.2) is 12.1 Å². The Hall–Kier alpha value is -1.02. The van der Waals surface area contributed by atoms with E-state index < -0.39 is 0 Å². The zero-order chi connectivity index (χ0) is 14.8. The largest absolute Gasteiger partial charge is 0.507 e. The summed E-state index contributed by atoms with van der Waals surface area (Å²) in [5.41, 5.74) is 2.09. The van der Waals surface area contributed by atoms with Crippen LogP contribution in [0.3, 0.4) is 0 Å². The predicted molar refractivity (Wildman–Crippen MR) is 84.7 cm³/mol. The summed E-state index contributed by atoms with van der Waals surface area (Å²) in [6.07, 6.45) is 10.5. The molecular formula is C17H25ClO2. The lowest BCUT2D eigenvalue weighted by Crippen LogP contribution is -1.94. The number of hydrogen-bond donors (Lipinski definition) is 1. The smallest absolute Gasteiger partial charge is 0.153 e. The monoisotopic (exact) mass is 296 g/mol. The maximum atomic E-state index is 10.9. The highest BCUT2D eigenvalue weighted by atomic mass is 35.5. The number of carbonyl (C=O) groups excluding carboxylic acids is 1. The normalized spacial score (nSPS) is 10.7. The first kappa shape index (κ1) is 17.0. The van der Waals surface area contributed by atoms with E-state index in [9.17, 15) is 9.90 Å². The van der Waals surface area contributed by atoms with Gasteiger partial charge in [0.25, 0.3) is 0 Å². The van der Waals surface area contributed by atoms with E-state index in [2.05, 4.69) is 6.92 Å². The van der Waals surface area contributed by atoms with Gasteiger partial charge in [0.2, 0.25) is 0 Å². The van der Waals surface area contributed by atoms with Crippen LogP contribution in [0, 0.1) is 0 Å². The maximum absolute atomic E-state index is 10.9. The minimum atomic E-state index is 0.0262. The fourth-order valence-electron chi connectivity index (χ4n) is 2.41. The Morgan fingerprint density at radius 2 is 1.75 bits per heavy atom. The van der Waals surface area contributed by atoms with Gasteiger partial charge in [0.05, 0.1) is 11.4 Å². The molecule has 0 aliphatic rings. The molecule has 1 aromatic carbocycles. The van der Waals surface area contributed by atoms with Gasteiger partial charge in [-0.3, -0.25) is 4.79 Å². The Morgan fingerprint density at radius 1 is 1.10 bits per heavy atom. The van der Waals surface area contributed by atoms with E-state index in [4.69, 9.17) is 11.6 Å². The highest BCUT2D eigenvalue weighted by Crippen LogP contribution is 2.26. The van der Waals surface area contributed by atoms with Gasteiger partial charge in [0.1, 0.15) is 5.75 Å². The van der Waals surface area contributed by atoms with Crippen molar-refractivity contribution in [3.8, 4) is 5.75 Å². The summed E-state index contributed by atoms with van der Waals surface area (Å²) < 4.78 is 0. The number of hydrogen-bond acceptors (Lipinski definition) is 2. The number of alkyl halides is 1. The molecule has 0 saturated carbocycles. The molecule has 0 aliphatic carbocycles. The molecule has 0 aromatic heterocycles. The van der Waals surface area contributed by atoms with Crippen LogP contribution in [0.1, 0.15) is 73.4 Å². The molecule has 0 aliphatic heterocycles. The number of aryl methyl sites for hydroxylation is 1. The van der Waals surface area contributed by atoms with Crippen molar-refractivity contribution in [1.82, 2.24) is 0 Å². The van der Waals surface area contributed by atoms with Crippen molar-refractivity contribution in [2.24, 2.45) is 0 Å². The van der Waals surface area contributed by atoms with Crippen molar-refractivity contribution in [2.45, 2.75) is 64.2 Å². The van der Waals surface area contributed by atoms with Gasteiger partial charge in [-0.15, -0.1) is 11.6 Å². The summed E-state index contributed by atoms with van der Waals surface area (Å²) in [6.45, 7) is 2.23. The molecule has 0 bridgehead atoms. The number of rotatable bonds is 10. The van der Waals surface area contributed by atoms with Crippen molar-refractivity contribution in [2.75, 3.05) is 0 Å². The van der Waals surface area contributed by atoms with E-state index in [0.29, 0.717) is 17.4 Å². The third-order valence-electron chi connectivity index (χ3n) is 3.62. The summed E-state index contributed by atoms with van der Waals surface area (Å²) in [4.78, 5) is 10.9. The molecule has 0 unspecified atom stereocenters. The van der Waals surface area contributed by atoms with Gasteiger partial charge in [0.15, 0.2) is 6.29 Å². The molecule has 1 rings (SSSR count). The molecule has 1 N–H and O–H groups in total. The van der Waals surface area contributed by atoms with Gasteiger partial charge >= 0.3 is 0 Å². The summed E-state index contributed by atoms with van der Waals surface area (Å²) in [7, 11) is 0. The minimum Gasteiger partial charge on any atom is -0.507 e.